The van der Waals surface area contributed by atoms with Crippen molar-refractivity contribution >= 4 is 17.9 Å². The fraction of sp³-hybridized carbons (Fsp3) is 0.500. The van der Waals surface area contributed by atoms with Crippen LogP contribution in [0.15, 0.2) is 24.3 Å². The van der Waals surface area contributed by atoms with E-state index >= 15 is 0 Å². The van der Waals surface area contributed by atoms with Crippen LogP contribution in [0.25, 0.3) is 0 Å². The number of carbonyl (C=O) groups is 3. The predicted molar refractivity (Wildman–Crippen MR) is 129 cm³/mol. The number of methoxy groups -OCH3 is 1. The molecule has 3 rings (SSSR count). The molecule has 5 atom stereocenters. The summed E-state index contributed by atoms with van der Waals surface area (Å²) >= 11 is 0. The van der Waals surface area contributed by atoms with Crippen LogP contribution < -0.4 is 4.74 Å². The van der Waals surface area contributed by atoms with Crippen LogP contribution in [0.1, 0.15) is 46.8 Å². The Morgan fingerprint density at radius 3 is 2.53 bits per heavy atom. The van der Waals surface area contributed by atoms with Crippen molar-refractivity contribution in [3.8, 4) is 11.5 Å². The number of hydrogen-bond donors (Lipinski definition) is 4. The molecule has 0 saturated carbocycles. The number of fused-ring (bicyclic) bond motifs is 1. The second-order valence-corrected chi connectivity index (χ2v) is 8.98. The lowest BCUT2D eigenvalue weighted by Gasteiger charge is -2.38. The van der Waals surface area contributed by atoms with E-state index in [1.54, 1.807) is 19.9 Å². The van der Waals surface area contributed by atoms with Gasteiger partial charge in [0.15, 0.2) is 6.10 Å². The van der Waals surface area contributed by atoms with Gasteiger partial charge in [-0.3, -0.25) is 4.79 Å². The van der Waals surface area contributed by atoms with Gasteiger partial charge in [0, 0.05) is 17.5 Å². The zero-order chi connectivity index (χ0) is 28.1. The Hall–Kier alpha value is -3.45. The lowest BCUT2D eigenvalue weighted by atomic mass is 9.94. The zero-order valence-corrected chi connectivity index (χ0v) is 21.3. The van der Waals surface area contributed by atoms with Crippen molar-refractivity contribution in [1.82, 2.24) is 0 Å². The maximum atomic E-state index is 12.4. The van der Waals surface area contributed by atoms with Gasteiger partial charge < -0.3 is 44.1 Å². The van der Waals surface area contributed by atoms with E-state index in [1.807, 2.05) is 0 Å². The quantitative estimate of drug-likeness (QED) is 0.187. The first-order chi connectivity index (χ1) is 18.0. The smallest absolute Gasteiger partial charge is 0.342 e. The van der Waals surface area contributed by atoms with Gasteiger partial charge in [0.1, 0.15) is 48.6 Å². The van der Waals surface area contributed by atoms with E-state index in [0.29, 0.717) is 22.4 Å². The monoisotopic (exact) mass is 536 g/mol. The van der Waals surface area contributed by atoms with E-state index in [-0.39, 0.29) is 43.8 Å². The topological polar surface area (TPSA) is 178 Å². The Morgan fingerprint density at radius 1 is 1.16 bits per heavy atom. The summed E-state index contributed by atoms with van der Waals surface area (Å²) in [5, 5.41) is 40.9. The normalized spacial score (nSPS) is 24.8. The molecule has 0 bridgehead atoms. The van der Waals surface area contributed by atoms with Crippen molar-refractivity contribution in [3.05, 3.63) is 46.6 Å². The molecule has 0 radical (unpaired) electrons. The number of aromatic hydroxyl groups is 1. The molecule has 2 aliphatic heterocycles. The van der Waals surface area contributed by atoms with Gasteiger partial charge in [0.25, 0.3) is 0 Å². The number of allylic oxidation sites excluding steroid dienone is 2. The van der Waals surface area contributed by atoms with Gasteiger partial charge in [0.2, 0.25) is 6.29 Å². The molecular formula is C26H32O12. The molecule has 12 nitrogen and oxygen atoms in total. The van der Waals surface area contributed by atoms with Gasteiger partial charge in [-0.1, -0.05) is 24.3 Å². The van der Waals surface area contributed by atoms with Crippen LogP contribution in [0.3, 0.4) is 0 Å². The molecule has 1 aromatic rings. The molecule has 1 saturated heterocycles. The molecule has 0 aliphatic carbocycles. The molecule has 0 aromatic heterocycles. The summed E-state index contributed by atoms with van der Waals surface area (Å²) in [7, 11) is 1.46. The second-order valence-electron chi connectivity index (χ2n) is 8.98. The highest BCUT2D eigenvalue weighted by molar-refractivity contribution is 5.98. The zero-order valence-electron chi connectivity index (χ0n) is 21.3. The first-order valence-electron chi connectivity index (χ1n) is 11.9. The number of benzene rings is 1. The number of aliphatic hydroxyl groups is 3. The van der Waals surface area contributed by atoms with Gasteiger partial charge in [-0.15, -0.1) is 0 Å². The van der Waals surface area contributed by atoms with Crippen molar-refractivity contribution < 1.29 is 58.5 Å². The third kappa shape index (κ3) is 5.99. The Balaban J connectivity index is 1.62. The average molecular weight is 537 g/mol. The molecule has 4 N–H and O–H groups in total. The summed E-state index contributed by atoms with van der Waals surface area (Å²) in [6.07, 6.45) is -5.44. The van der Waals surface area contributed by atoms with Crippen LogP contribution in [0.4, 0.5) is 0 Å². The van der Waals surface area contributed by atoms with Crippen LogP contribution >= 0.6 is 0 Å². The van der Waals surface area contributed by atoms with E-state index in [9.17, 15) is 34.8 Å². The predicted octanol–water partition coefficient (Wildman–Crippen LogP) is 0.729. The lowest BCUT2D eigenvalue weighted by Crippen LogP contribution is -2.60. The molecule has 38 heavy (non-hydrogen) atoms. The molecule has 208 valence electrons. The van der Waals surface area contributed by atoms with Crippen molar-refractivity contribution in [2.45, 2.75) is 70.4 Å². The Labute approximate surface area is 219 Å². The minimum atomic E-state index is -1.82. The van der Waals surface area contributed by atoms with Crippen LogP contribution in [0.5, 0.6) is 11.5 Å². The largest absolute Gasteiger partial charge is 0.507 e. The van der Waals surface area contributed by atoms with Gasteiger partial charge in [-0.05, 0) is 32.3 Å². The molecule has 5 unspecified atom stereocenters. The second kappa shape index (κ2) is 12.4. The fourth-order valence-corrected chi connectivity index (χ4v) is 4.26. The molecule has 12 heteroatoms. The minimum absolute atomic E-state index is 0.0628. The van der Waals surface area contributed by atoms with Crippen molar-refractivity contribution in [2.75, 3.05) is 13.7 Å². The average Bonchev–Trinajstić information content (AvgIpc) is 3.29. The molecule has 1 aromatic carbocycles. The number of hydrogen-bond acceptors (Lipinski definition) is 12. The third-order valence-electron chi connectivity index (χ3n) is 6.42. The molecule has 1 fully saturated rings. The number of phenolic OH excluding ortho intramolecular Hbond substituents is 1. The summed E-state index contributed by atoms with van der Waals surface area (Å²) in [5.41, 5.74) is 2.55. The first kappa shape index (κ1) is 29.1. The Morgan fingerprint density at radius 2 is 1.87 bits per heavy atom. The number of ether oxygens (including phenoxy) is 5. The number of phenols is 1. The van der Waals surface area contributed by atoms with Crippen LogP contribution in [-0.4, -0.2) is 82.8 Å². The molecule has 2 heterocycles. The van der Waals surface area contributed by atoms with Crippen LogP contribution in [0, 0.1) is 6.92 Å². The Kier molecular flexibility index (Phi) is 9.50. The summed E-state index contributed by atoms with van der Waals surface area (Å²) in [6, 6.07) is 0. The summed E-state index contributed by atoms with van der Waals surface area (Å²) in [5.74, 6) is -2.18. The van der Waals surface area contributed by atoms with Crippen molar-refractivity contribution in [3.63, 3.8) is 0 Å². The Bertz CT molecular complexity index is 1120. The van der Waals surface area contributed by atoms with Gasteiger partial charge in [-0.2, -0.15) is 0 Å². The highest BCUT2D eigenvalue weighted by Crippen LogP contribution is 2.42. The summed E-state index contributed by atoms with van der Waals surface area (Å²) in [4.78, 5) is 36.5. The molecule has 2 aliphatic rings. The molecule has 0 spiro atoms. The van der Waals surface area contributed by atoms with E-state index in [0.717, 1.165) is 5.57 Å². The van der Waals surface area contributed by atoms with Crippen LogP contribution in [0.2, 0.25) is 0 Å². The van der Waals surface area contributed by atoms with Gasteiger partial charge in [0.05, 0.1) is 7.11 Å². The van der Waals surface area contributed by atoms with Crippen molar-refractivity contribution in [2.24, 2.45) is 0 Å². The summed E-state index contributed by atoms with van der Waals surface area (Å²) in [6.45, 7) is 6.82. The maximum Gasteiger partial charge on any atom is 0.342 e. The van der Waals surface area contributed by atoms with Gasteiger partial charge in [-0.25, -0.2) is 9.59 Å². The highest BCUT2D eigenvalue weighted by atomic mass is 16.7. The first-order valence-corrected chi connectivity index (χ1v) is 11.9. The number of rotatable bonds is 10. The SMILES string of the molecule is C=CCOC(=O)C1OC(OC(=O)CCC(C)=CCc2c(O)c3c(c(C)c2OC)COC3=O)C(O)C(O)C1O. The molecule has 0 amide bonds. The minimum Gasteiger partial charge on any atom is -0.507 e. The lowest BCUT2D eigenvalue weighted by molar-refractivity contribution is -0.287. The van der Waals surface area contributed by atoms with E-state index in [2.05, 4.69) is 6.58 Å². The maximum absolute atomic E-state index is 12.4. The number of aliphatic hydroxyl groups excluding tert-OH is 3. The third-order valence-corrected chi connectivity index (χ3v) is 6.42. The van der Waals surface area contributed by atoms with E-state index in [4.69, 9.17) is 23.7 Å². The molecular weight excluding hydrogens is 504 g/mol. The summed E-state index contributed by atoms with van der Waals surface area (Å²) < 4.78 is 25.6. The van der Waals surface area contributed by atoms with Crippen molar-refractivity contribution in [1.29, 1.82) is 0 Å². The van der Waals surface area contributed by atoms with Gasteiger partial charge >= 0.3 is 17.9 Å². The standard InChI is InChI=1S/C26H32O12/c1-5-10-35-25(33)23-20(30)19(29)21(31)26(38-23)37-16(27)9-7-12(2)6-8-14-18(28)17-15(11-36-24(17)32)13(3)22(14)34-4/h5-6,19-21,23,26,28-31H,1,7-11H2,2-4H3. The number of esters is 3. The van der Waals surface area contributed by atoms with E-state index < -0.39 is 48.6 Å². The number of cyclic esters (lactones) is 1. The van der Waals surface area contributed by atoms with E-state index in [1.165, 1.54) is 13.2 Å². The number of carbonyl (C=O) groups excluding carboxylic acids is 3. The fourth-order valence-electron chi connectivity index (χ4n) is 4.26. The van der Waals surface area contributed by atoms with Crippen LogP contribution in [-0.2, 0) is 41.6 Å². The highest BCUT2D eigenvalue weighted by Gasteiger charge is 2.49.